The molecular formula is C20H29N3O4. The summed E-state index contributed by atoms with van der Waals surface area (Å²) in [5.74, 6) is 2.58. The van der Waals surface area contributed by atoms with E-state index in [1.165, 1.54) is 6.26 Å². The molecule has 0 fully saturated rings. The van der Waals surface area contributed by atoms with Gasteiger partial charge in [0.1, 0.15) is 29.0 Å². The summed E-state index contributed by atoms with van der Waals surface area (Å²) in [5.41, 5.74) is -1.17. The van der Waals surface area contributed by atoms with Gasteiger partial charge < -0.3 is 29.6 Å². The summed E-state index contributed by atoms with van der Waals surface area (Å²) < 4.78 is 16.4. The van der Waals surface area contributed by atoms with Gasteiger partial charge in [0.15, 0.2) is 5.96 Å². The van der Waals surface area contributed by atoms with Gasteiger partial charge in [-0.2, -0.15) is 0 Å². The van der Waals surface area contributed by atoms with Crippen LogP contribution in [0.25, 0.3) is 0 Å². The molecule has 1 heterocycles. The second kappa shape index (κ2) is 9.87. The molecule has 27 heavy (non-hydrogen) atoms. The monoisotopic (exact) mass is 375 g/mol. The SMILES string of the molecule is CCNC(=NCC(C)(O)c1ccco1)NCC(C)Oc1cccc(OC)c1. The zero-order valence-electron chi connectivity index (χ0n) is 16.4. The minimum Gasteiger partial charge on any atom is -0.497 e. The van der Waals surface area contributed by atoms with Crippen molar-refractivity contribution in [3.8, 4) is 11.5 Å². The van der Waals surface area contributed by atoms with Crippen LogP contribution in [0.4, 0.5) is 0 Å². The maximum absolute atomic E-state index is 10.5. The molecule has 148 valence electrons. The molecule has 2 unspecified atom stereocenters. The summed E-state index contributed by atoms with van der Waals surface area (Å²) in [5, 5.41) is 16.9. The average Bonchev–Trinajstić information content (AvgIpc) is 3.20. The van der Waals surface area contributed by atoms with E-state index in [1.807, 2.05) is 38.1 Å². The van der Waals surface area contributed by atoms with Gasteiger partial charge in [-0.15, -0.1) is 0 Å². The van der Waals surface area contributed by atoms with Crippen molar-refractivity contribution in [3.63, 3.8) is 0 Å². The van der Waals surface area contributed by atoms with E-state index in [1.54, 1.807) is 26.2 Å². The topological polar surface area (TPSA) is 88.3 Å². The van der Waals surface area contributed by atoms with Crippen molar-refractivity contribution in [3.05, 3.63) is 48.4 Å². The fourth-order valence-electron chi connectivity index (χ4n) is 2.43. The molecule has 2 rings (SSSR count). The Kier molecular flexibility index (Phi) is 7.55. The Bertz CT molecular complexity index is 714. The van der Waals surface area contributed by atoms with E-state index in [2.05, 4.69) is 15.6 Å². The Morgan fingerprint density at radius 2 is 2.04 bits per heavy atom. The Morgan fingerprint density at radius 3 is 2.70 bits per heavy atom. The normalized spacial score (nSPS) is 14.9. The molecule has 2 aromatic rings. The third kappa shape index (κ3) is 6.53. The molecule has 0 aliphatic heterocycles. The van der Waals surface area contributed by atoms with Crippen LogP contribution in [0.15, 0.2) is 52.1 Å². The smallest absolute Gasteiger partial charge is 0.191 e. The van der Waals surface area contributed by atoms with Crippen LogP contribution < -0.4 is 20.1 Å². The molecule has 1 aromatic heterocycles. The van der Waals surface area contributed by atoms with Crippen LogP contribution in [0.1, 0.15) is 26.5 Å². The van der Waals surface area contributed by atoms with Gasteiger partial charge in [0.05, 0.1) is 26.5 Å². The number of ether oxygens (including phenoxy) is 2. The molecule has 0 radical (unpaired) electrons. The number of guanidine groups is 1. The van der Waals surface area contributed by atoms with Crippen LogP contribution in [-0.4, -0.2) is 43.9 Å². The minimum absolute atomic E-state index is 0.0912. The van der Waals surface area contributed by atoms with Crippen molar-refractivity contribution >= 4 is 5.96 Å². The molecule has 0 amide bonds. The lowest BCUT2D eigenvalue weighted by atomic mass is 10.0. The van der Waals surface area contributed by atoms with Crippen LogP contribution in [0, 0.1) is 0 Å². The number of rotatable bonds is 9. The summed E-state index contributed by atoms with van der Waals surface area (Å²) in [6, 6.07) is 11.0. The van der Waals surface area contributed by atoms with Crippen LogP contribution in [0.3, 0.4) is 0 Å². The lowest BCUT2D eigenvalue weighted by Crippen LogP contribution is -2.42. The van der Waals surface area contributed by atoms with Crippen LogP contribution in [0.5, 0.6) is 11.5 Å². The Balaban J connectivity index is 1.90. The van der Waals surface area contributed by atoms with Crippen LogP contribution in [0.2, 0.25) is 0 Å². The van der Waals surface area contributed by atoms with Gasteiger partial charge in [-0.3, -0.25) is 0 Å². The highest BCUT2D eigenvalue weighted by molar-refractivity contribution is 5.79. The predicted octanol–water partition coefficient (Wildman–Crippen LogP) is 2.52. The maximum atomic E-state index is 10.5. The zero-order valence-corrected chi connectivity index (χ0v) is 16.4. The second-order valence-corrected chi connectivity index (χ2v) is 6.43. The minimum atomic E-state index is -1.17. The van der Waals surface area contributed by atoms with E-state index < -0.39 is 5.60 Å². The fourth-order valence-corrected chi connectivity index (χ4v) is 2.43. The van der Waals surface area contributed by atoms with E-state index in [4.69, 9.17) is 13.9 Å². The molecule has 7 heteroatoms. The van der Waals surface area contributed by atoms with Gasteiger partial charge >= 0.3 is 0 Å². The van der Waals surface area contributed by atoms with Crippen molar-refractivity contribution in [1.82, 2.24) is 10.6 Å². The highest BCUT2D eigenvalue weighted by Crippen LogP contribution is 2.21. The summed E-state index contributed by atoms with van der Waals surface area (Å²) in [6.45, 7) is 7.05. The Labute approximate surface area is 160 Å². The number of methoxy groups -OCH3 is 1. The van der Waals surface area contributed by atoms with Gasteiger partial charge in [-0.1, -0.05) is 6.07 Å². The van der Waals surface area contributed by atoms with Crippen molar-refractivity contribution in [2.24, 2.45) is 4.99 Å². The molecule has 0 aliphatic carbocycles. The number of aliphatic hydroxyl groups is 1. The van der Waals surface area contributed by atoms with E-state index in [0.29, 0.717) is 24.8 Å². The Morgan fingerprint density at radius 1 is 1.26 bits per heavy atom. The molecule has 0 saturated heterocycles. The first-order valence-corrected chi connectivity index (χ1v) is 9.04. The lowest BCUT2D eigenvalue weighted by molar-refractivity contribution is 0.0437. The first-order chi connectivity index (χ1) is 12.9. The molecule has 0 bridgehead atoms. The van der Waals surface area contributed by atoms with Crippen molar-refractivity contribution in [2.45, 2.75) is 32.5 Å². The van der Waals surface area contributed by atoms with Gasteiger partial charge in [-0.25, -0.2) is 4.99 Å². The zero-order chi connectivity index (χ0) is 19.7. The second-order valence-electron chi connectivity index (χ2n) is 6.43. The van der Waals surface area contributed by atoms with E-state index >= 15 is 0 Å². The van der Waals surface area contributed by atoms with Gasteiger partial charge in [0.25, 0.3) is 0 Å². The third-order valence-electron chi connectivity index (χ3n) is 3.88. The summed E-state index contributed by atoms with van der Waals surface area (Å²) in [4.78, 5) is 4.46. The quantitative estimate of drug-likeness (QED) is 0.461. The first kappa shape index (κ1) is 20.6. The molecular weight excluding hydrogens is 346 g/mol. The predicted molar refractivity (Wildman–Crippen MR) is 105 cm³/mol. The number of hydrogen-bond acceptors (Lipinski definition) is 5. The van der Waals surface area contributed by atoms with E-state index in [0.717, 1.165) is 11.5 Å². The molecule has 0 aliphatic rings. The highest BCUT2D eigenvalue weighted by atomic mass is 16.5. The Hall–Kier alpha value is -2.67. The molecule has 1 aromatic carbocycles. The first-order valence-electron chi connectivity index (χ1n) is 9.04. The van der Waals surface area contributed by atoms with Crippen LogP contribution >= 0.6 is 0 Å². The number of nitrogens with one attached hydrogen (secondary N) is 2. The van der Waals surface area contributed by atoms with Crippen molar-refractivity contribution in [2.75, 3.05) is 26.7 Å². The summed E-state index contributed by atoms with van der Waals surface area (Å²) >= 11 is 0. The number of hydrogen-bond donors (Lipinski definition) is 3. The molecule has 7 nitrogen and oxygen atoms in total. The van der Waals surface area contributed by atoms with Crippen molar-refractivity contribution in [1.29, 1.82) is 0 Å². The number of furan rings is 1. The highest BCUT2D eigenvalue weighted by Gasteiger charge is 2.26. The molecule has 0 saturated carbocycles. The maximum Gasteiger partial charge on any atom is 0.191 e. The molecule has 3 N–H and O–H groups in total. The van der Waals surface area contributed by atoms with Gasteiger partial charge in [-0.05, 0) is 45.0 Å². The van der Waals surface area contributed by atoms with E-state index in [-0.39, 0.29) is 12.6 Å². The van der Waals surface area contributed by atoms with Crippen molar-refractivity contribution < 1.29 is 19.0 Å². The fraction of sp³-hybridized carbons (Fsp3) is 0.450. The van der Waals surface area contributed by atoms with Gasteiger partial charge in [0, 0.05) is 12.6 Å². The standard InChI is InChI=1S/C20H29N3O4/c1-5-21-19(23-14-20(3,24)18-10-7-11-26-18)22-13-15(2)27-17-9-6-8-16(12-17)25-4/h6-12,15,24H,5,13-14H2,1-4H3,(H2,21,22,23). The number of nitrogens with zero attached hydrogens (tertiary/aromatic N) is 1. The third-order valence-corrected chi connectivity index (χ3v) is 3.88. The van der Waals surface area contributed by atoms with Gasteiger partial charge in [0.2, 0.25) is 0 Å². The van der Waals surface area contributed by atoms with E-state index in [9.17, 15) is 5.11 Å². The largest absolute Gasteiger partial charge is 0.497 e. The average molecular weight is 375 g/mol. The summed E-state index contributed by atoms with van der Waals surface area (Å²) in [7, 11) is 1.63. The molecule has 2 atom stereocenters. The lowest BCUT2D eigenvalue weighted by Gasteiger charge is -2.21. The number of aliphatic imine (C=N–C) groups is 1. The molecule has 0 spiro atoms. The van der Waals surface area contributed by atoms with Crippen LogP contribution in [-0.2, 0) is 5.60 Å². The number of benzene rings is 1. The summed E-state index contributed by atoms with van der Waals surface area (Å²) in [6.07, 6.45) is 1.45.